The fourth-order valence-electron chi connectivity index (χ4n) is 4.14. The molecule has 1 saturated heterocycles. The van der Waals surface area contributed by atoms with Crippen molar-refractivity contribution >= 4 is 35.2 Å². The van der Waals surface area contributed by atoms with E-state index in [-0.39, 0.29) is 30.8 Å². The molecule has 0 radical (unpaired) electrons. The Kier molecular flexibility index (Phi) is 8.00. The molecule has 3 aromatic carbocycles. The van der Waals surface area contributed by atoms with Gasteiger partial charge in [0.05, 0.1) is 31.4 Å². The summed E-state index contributed by atoms with van der Waals surface area (Å²) in [5, 5.41) is 2.68. The molecule has 4 amide bonds. The molecule has 0 spiro atoms. The molecule has 1 N–H and O–H groups in total. The first kappa shape index (κ1) is 26.3. The van der Waals surface area contributed by atoms with Crippen molar-refractivity contribution in [3.63, 3.8) is 0 Å². The summed E-state index contributed by atoms with van der Waals surface area (Å²) in [6.07, 6.45) is -0.337. The van der Waals surface area contributed by atoms with Crippen molar-refractivity contribution in [3.05, 3.63) is 89.7 Å². The van der Waals surface area contributed by atoms with Gasteiger partial charge in [0.2, 0.25) is 5.91 Å². The lowest BCUT2D eigenvalue weighted by Gasteiger charge is -2.22. The molecule has 10 heteroatoms. The maximum Gasteiger partial charge on any atom is 0.338 e. The smallest absolute Gasteiger partial charge is 0.338 e. The minimum atomic E-state index is -1.12. The number of amides is 4. The van der Waals surface area contributed by atoms with Crippen LogP contribution in [0.25, 0.3) is 0 Å². The number of methoxy groups -OCH3 is 1. The molecule has 0 aliphatic carbocycles. The van der Waals surface area contributed by atoms with Crippen molar-refractivity contribution in [2.45, 2.75) is 25.9 Å². The van der Waals surface area contributed by atoms with Gasteiger partial charge in [-0.1, -0.05) is 18.2 Å². The lowest BCUT2D eigenvalue weighted by molar-refractivity contribution is -0.124. The number of benzene rings is 3. The molecule has 1 fully saturated rings. The zero-order valence-corrected chi connectivity index (χ0v) is 20.8. The number of hydrogen-bond donors (Lipinski definition) is 1. The van der Waals surface area contributed by atoms with E-state index in [1.165, 1.54) is 30.2 Å². The Morgan fingerprint density at radius 2 is 1.74 bits per heavy atom. The summed E-state index contributed by atoms with van der Waals surface area (Å²) in [5.41, 5.74) is 1.49. The number of nitrogens with one attached hydrogen (secondary N) is 1. The van der Waals surface area contributed by atoms with Crippen LogP contribution in [0.2, 0.25) is 0 Å². The number of anilines is 2. The molecule has 1 unspecified atom stereocenters. The van der Waals surface area contributed by atoms with Crippen LogP contribution >= 0.6 is 0 Å². The van der Waals surface area contributed by atoms with E-state index in [2.05, 4.69) is 5.32 Å². The largest absolute Gasteiger partial charge is 0.497 e. The van der Waals surface area contributed by atoms with Gasteiger partial charge < -0.3 is 19.7 Å². The summed E-state index contributed by atoms with van der Waals surface area (Å²) in [4.78, 5) is 54.1. The van der Waals surface area contributed by atoms with Crippen LogP contribution in [0.1, 0.15) is 29.3 Å². The highest BCUT2D eigenvalue weighted by Gasteiger charge is 2.46. The van der Waals surface area contributed by atoms with Crippen molar-refractivity contribution in [3.8, 4) is 5.75 Å². The second-order valence-corrected chi connectivity index (χ2v) is 8.48. The number of imide groups is 1. The SMILES string of the molecule is CCOC(=O)c1cccc(NC(=O)CC2C(=O)N(c3ccc(F)cc3)C(=O)N2Cc2cccc(OC)c2)c1. The summed E-state index contributed by atoms with van der Waals surface area (Å²) in [6.45, 7) is 1.94. The first-order valence-corrected chi connectivity index (χ1v) is 11.9. The third-order valence-electron chi connectivity index (χ3n) is 5.93. The summed E-state index contributed by atoms with van der Waals surface area (Å²) in [6, 6.07) is 16.5. The lowest BCUT2D eigenvalue weighted by atomic mass is 10.1. The standard InChI is InChI=1S/C28H26FN3O6/c1-3-38-27(35)19-7-5-8-21(15-19)30-25(33)16-24-26(34)32(22-12-10-20(29)11-13-22)28(36)31(24)17-18-6-4-9-23(14-18)37-2/h4-15,24H,3,16-17H2,1-2H3,(H,30,33). The number of ether oxygens (including phenoxy) is 2. The molecule has 3 aromatic rings. The Morgan fingerprint density at radius 1 is 1.00 bits per heavy atom. The Hall–Kier alpha value is -4.73. The molecule has 9 nitrogen and oxygen atoms in total. The summed E-state index contributed by atoms with van der Waals surface area (Å²) in [5.74, 6) is -1.61. The Labute approximate surface area is 218 Å². The third-order valence-corrected chi connectivity index (χ3v) is 5.93. The van der Waals surface area contributed by atoms with Gasteiger partial charge >= 0.3 is 12.0 Å². The number of carbonyl (C=O) groups excluding carboxylic acids is 4. The second kappa shape index (κ2) is 11.5. The van der Waals surface area contributed by atoms with Gasteiger partial charge in [0.25, 0.3) is 5.91 Å². The summed E-state index contributed by atoms with van der Waals surface area (Å²) in [7, 11) is 1.52. The Bertz CT molecular complexity index is 1360. The molecule has 1 aliphatic rings. The fraction of sp³-hybridized carbons (Fsp3) is 0.214. The van der Waals surface area contributed by atoms with Gasteiger partial charge in [0.1, 0.15) is 17.6 Å². The van der Waals surface area contributed by atoms with Crippen molar-refractivity contribution < 1.29 is 33.0 Å². The van der Waals surface area contributed by atoms with Gasteiger partial charge in [-0.25, -0.2) is 18.9 Å². The maximum atomic E-state index is 13.5. The molecule has 0 bridgehead atoms. The van der Waals surface area contributed by atoms with Crippen LogP contribution < -0.4 is 15.0 Å². The molecular weight excluding hydrogens is 493 g/mol. The maximum absolute atomic E-state index is 13.5. The van der Waals surface area contributed by atoms with Crippen LogP contribution in [0.3, 0.4) is 0 Å². The highest BCUT2D eigenvalue weighted by Crippen LogP contribution is 2.29. The lowest BCUT2D eigenvalue weighted by Crippen LogP contribution is -2.37. The molecule has 1 aliphatic heterocycles. The molecular formula is C28H26FN3O6. The van der Waals surface area contributed by atoms with Crippen molar-refractivity contribution in [2.75, 3.05) is 23.9 Å². The minimum absolute atomic E-state index is 0.0375. The van der Waals surface area contributed by atoms with Gasteiger partial charge in [-0.3, -0.25) is 9.59 Å². The number of halogens is 1. The van der Waals surface area contributed by atoms with E-state index in [1.807, 2.05) is 0 Å². The third kappa shape index (κ3) is 5.80. The number of rotatable bonds is 9. The van der Waals surface area contributed by atoms with Gasteiger partial charge in [-0.15, -0.1) is 0 Å². The molecule has 0 saturated carbocycles. The van der Waals surface area contributed by atoms with E-state index >= 15 is 0 Å². The average Bonchev–Trinajstić information content (AvgIpc) is 3.13. The Morgan fingerprint density at radius 3 is 2.45 bits per heavy atom. The van der Waals surface area contributed by atoms with E-state index < -0.39 is 35.7 Å². The second-order valence-electron chi connectivity index (χ2n) is 8.48. The van der Waals surface area contributed by atoms with Crippen molar-refractivity contribution in [1.82, 2.24) is 4.90 Å². The topological polar surface area (TPSA) is 105 Å². The van der Waals surface area contributed by atoms with E-state index in [1.54, 1.807) is 49.4 Å². The average molecular weight is 520 g/mol. The van der Waals surface area contributed by atoms with Crippen molar-refractivity contribution in [2.24, 2.45) is 0 Å². The quantitative estimate of drug-likeness (QED) is 0.332. The number of carbonyl (C=O) groups is 4. The zero-order valence-electron chi connectivity index (χ0n) is 20.8. The molecule has 1 heterocycles. The minimum Gasteiger partial charge on any atom is -0.497 e. The van der Waals surface area contributed by atoms with E-state index in [4.69, 9.17) is 9.47 Å². The number of urea groups is 1. The Balaban J connectivity index is 1.58. The van der Waals surface area contributed by atoms with Crippen LogP contribution in [0.4, 0.5) is 20.6 Å². The predicted octanol–water partition coefficient (Wildman–Crippen LogP) is 4.38. The van der Waals surface area contributed by atoms with Crippen LogP contribution in [-0.2, 0) is 20.9 Å². The predicted molar refractivity (Wildman–Crippen MR) is 137 cm³/mol. The van der Waals surface area contributed by atoms with Crippen LogP contribution in [0.5, 0.6) is 5.75 Å². The molecule has 4 rings (SSSR count). The normalized spacial score (nSPS) is 15.0. The van der Waals surface area contributed by atoms with E-state index in [0.717, 1.165) is 17.0 Å². The monoisotopic (exact) mass is 519 g/mol. The van der Waals surface area contributed by atoms with E-state index in [0.29, 0.717) is 17.0 Å². The van der Waals surface area contributed by atoms with Crippen molar-refractivity contribution in [1.29, 1.82) is 0 Å². The first-order chi connectivity index (χ1) is 18.3. The summed E-state index contributed by atoms with van der Waals surface area (Å²) >= 11 is 0. The van der Waals surface area contributed by atoms with Crippen LogP contribution in [0, 0.1) is 5.82 Å². The number of nitrogens with zero attached hydrogens (tertiary/aromatic N) is 2. The van der Waals surface area contributed by atoms with Gasteiger partial charge in [0.15, 0.2) is 0 Å². The van der Waals surface area contributed by atoms with Gasteiger partial charge in [-0.05, 0) is 67.1 Å². The summed E-state index contributed by atoms with van der Waals surface area (Å²) < 4.78 is 23.7. The van der Waals surface area contributed by atoms with E-state index in [9.17, 15) is 23.6 Å². The number of esters is 1. The van der Waals surface area contributed by atoms with Crippen LogP contribution in [0.15, 0.2) is 72.8 Å². The van der Waals surface area contributed by atoms with Gasteiger partial charge in [0, 0.05) is 12.2 Å². The first-order valence-electron chi connectivity index (χ1n) is 11.9. The molecule has 1 atom stereocenters. The molecule has 0 aromatic heterocycles. The highest BCUT2D eigenvalue weighted by atomic mass is 19.1. The fourth-order valence-corrected chi connectivity index (χ4v) is 4.14. The number of hydrogen-bond acceptors (Lipinski definition) is 6. The highest BCUT2D eigenvalue weighted by molar-refractivity contribution is 6.22. The molecule has 196 valence electrons. The molecule has 38 heavy (non-hydrogen) atoms. The van der Waals surface area contributed by atoms with Gasteiger partial charge in [-0.2, -0.15) is 0 Å². The zero-order chi connectivity index (χ0) is 27.2. The van der Waals surface area contributed by atoms with Crippen LogP contribution in [-0.4, -0.2) is 48.5 Å².